The number of piperidine rings is 1. The molecule has 0 radical (unpaired) electrons. The first kappa shape index (κ1) is 17.0. The molecule has 0 saturated carbocycles. The van der Waals surface area contributed by atoms with Gasteiger partial charge in [0.1, 0.15) is 0 Å². The largest absolute Gasteiger partial charge is 0.338 e. The van der Waals surface area contributed by atoms with Crippen LogP contribution in [0.2, 0.25) is 5.02 Å². The Morgan fingerprint density at radius 1 is 1.28 bits per heavy atom. The van der Waals surface area contributed by atoms with Crippen molar-refractivity contribution < 1.29 is 4.79 Å². The van der Waals surface area contributed by atoms with Gasteiger partial charge in [-0.1, -0.05) is 23.7 Å². The summed E-state index contributed by atoms with van der Waals surface area (Å²) in [5, 5.41) is 2.81. The van der Waals surface area contributed by atoms with E-state index >= 15 is 0 Å². The Morgan fingerprint density at radius 3 is 3.00 bits per heavy atom. The second-order valence-electron chi connectivity index (χ2n) is 7.12. The topological polar surface area (TPSA) is 36.4 Å². The molecule has 0 unspecified atom stereocenters. The fraction of sp³-hybridized carbons (Fsp3) is 0.474. The highest BCUT2D eigenvalue weighted by molar-refractivity contribution is 7.07. The average molecular weight is 376 g/mol. The van der Waals surface area contributed by atoms with Gasteiger partial charge in [-0.25, -0.2) is 4.98 Å². The summed E-state index contributed by atoms with van der Waals surface area (Å²) in [5.74, 6) is 0.799. The number of rotatable bonds is 4. The number of fused-ring (bicyclic) bond motifs is 4. The molecule has 1 aromatic heterocycles. The van der Waals surface area contributed by atoms with Crippen LogP contribution in [0.1, 0.15) is 24.1 Å². The number of nitrogens with zero attached hydrogens (tertiary/aromatic N) is 3. The summed E-state index contributed by atoms with van der Waals surface area (Å²) in [4.78, 5) is 21.9. The van der Waals surface area contributed by atoms with E-state index in [4.69, 9.17) is 11.6 Å². The molecule has 132 valence electrons. The van der Waals surface area contributed by atoms with E-state index in [9.17, 15) is 4.79 Å². The maximum atomic E-state index is 12.9. The molecule has 3 aliphatic rings. The van der Waals surface area contributed by atoms with Crippen LogP contribution in [0.4, 0.5) is 0 Å². The van der Waals surface area contributed by atoms with Gasteiger partial charge in [-0.2, -0.15) is 0 Å². The second-order valence-corrected chi connectivity index (χ2v) is 8.28. The van der Waals surface area contributed by atoms with Gasteiger partial charge in [0.15, 0.2) is 0 Å². The molecule has 25 heavy (non-hydrogen) atoms. The number of thiazole rings is 1. The Hall–Kier alpha value is -1.43. The first-order valence-corrected chi connectivity index (χ1v) is 10.1. The van der Waals surface area contributed by atoms with Gasteiger partial charge in [0.2, 0.25) is 5.91 Å². The molecule has 2 bridgehead atoms. The lowest BCUT2D eigenvalue weighted by molar-refractivity contribution is -0.134. The molecule has 1 aromatic carbocycles. The molecule has 1 amide bonds. The average Bonchev–Trinajstić information content (AvgIpc) is 2.94. The lowest BCUT2D eigenvalue weighted by Gasteiger charge is -2.36. The summed E-state index contributed by atoms with van der Waals surface area (Å²) in [7, 11) is 0. The van der Waals surface area contributed by atoms with Crippen LogP contribution in [0.3, 0.4) is 0 Å². The summed E-state index contributed by atoms with van der Waals surface area (Å²) in [6.45, 7) is 3.80. The minimum atomic E-state index is 0.229. The Labute approximate surface area is 157 Å². The Morgan fingerprint density at radius 2 is 2.20 bits per heavy atom. The van der Waals surface area contributed by atoms with Gasteiger partial charge in [-0.15, -0.1) is 11.3 Å². The highest BCUT2D eigenvalue weighted by Gasteiger charge is 2.37. The van der Waals surface area contributed by atoms with Crippen molar-refractivity contribution >= 4 is 28.8 Å². The van der Waals surface area contributed by atoms with E-state index in [0.717, 1.165) is 43.9 Å². The summed E-state index contributed by atoms with van der Waals surface area (Å²) in [6, 6.07) is 7.96. The number of benzene rings is 1. The molecule has 0 N–H and O–H groups in total. The predicted molar refractivity (Wildman–Crippen MR) is 101 cm³/mol. The SMILES string of the molecule is O=C(Cc1cccc(Cl)c1)N1C[C@H]2CC[C@@H]1CN(Cc1cscn1)C2. The molecular formula is C19H22ClN3OS. The monoisotopic (exact) mass is 375 g/mol. The van der Waals surface area contributed by atoms with Gasteiger partial charge in [-0.05, 0) is 36.5 Å². The molecule has 5 rings (SSSR count). The highest BCUT2D eigenvalue weighted by Crippen LogP contribution is 2.29. The summed E-state index contributed by atoms with van der Waals surface area (Å²) >= 11 is 7.70. The van der Waals surface area contributed by atoms with E-state index in [1.165, 1.54) is 6.42 Å². The number of amides is 1. The van der Waals surface area contributed by atoms with Gasteiger partial charge in [0, 0.05) is 42.6 Å². The molecule has 6 heteroatoms. The van der Waals surface area contributed by atoms with Crippen LogP contribution in [0.15, 0.2) is 35.2 Å². The number of carbonyl (C=O) groups is 1. The van der Waals surface area contributed by atoms with Crippen LogP contribution >= 0.6 is 22.9 Å². The Kier molecular flexibility index (Phi) is 5.06. The van der Waals surface area contributed by atoms with Crippen LogP contribution in [-0.4, -0.2) is 46.4 Å². The predicted octanol–water partition coefficient (Wildman–Crippen LogP) is 3.46. The first-order valence-electron chi connectivity index (χ1n) is 8.80. The normalized spacial score (nSPS) is 23.6. The smallest absolute Gasteiger partial charge is 0.227 e. The van der Waals surface area contributed by atoms with Crippen molar-refractivity contribution in [2.24, 2.45) is 5.92 Å². The van der Waals surface area contributed by atoms with E-state index in [0.29, 0.717) is 23.4 Å². The number of carbonyl (C=O) groups excluding carboxylic acids is 1. The highest BCUT2D eigenvalue weighted by atomic mass is 35.5. The maximum Gasteiger partial charge on any atom is 0.227 e. The van der Waals surface area contributed by atoms with Crippen molar-refractivity contribution in [1.82, 2.24) is 14.8 Å². The third-order valence-electron chi connectivity index (χ3n) is 5.22. The van der Waals surface area contributed by atoms with Crippen LogP contribution in [-0.2, 0) is 17.8 Å². The third kappa shape index (κ3) is 4.05. The molecule has 0 aliphatic carbocycles. The Balaban J connectivity index is 1.44. The fourth-order valence-corrected chi connectivity index (χ4v) is 4.84. The quantitative estimate of drug-likeness (QED) is 0.821. The zero-order chi connectivity index (χ0) is 17.2. The van der Waals surface area contributed by atoms with Crippen molar-refractivity contribution in [3.8, 4) is 0 Å². The van der Waals surface area contributed by atoms with Crippen molar-refractivity contribution in [3.05, 3.63) is 51.4 Å². The zero-order valence-electron chi connectivity index (χ0n) is 14.1. The van der Waals surface area contributed by atoms with E-state index in [-0.39, 0.29) is 5.91 Å². The molecule has 3 aliphatic heterocycles. The molecule has 0 spiro atoms. The van der Waals surface area contributed by atoms with Crippen LogP contribution in [0.5, 0.6) is 0 Å². The molecule has 4 heterocycles. The minimum Gasteiger partial charge on any atom is -0.338 e. The zero-order valence-corrected chi connectivity index (χ0v) is 15.7. The number of hydrogen-bond acceptors (Lipinski definition) is 4. The van der Waals surface area contributed by atoms with E-state index < -0.39 is 0 Å². The summed E-state index contributed by atoms with van der Waals surface area (Å²) < 4.78 is 0. The lowest BCUT2D eigenvalue weighted by atomic mass is 9.94. The molecule has 4 nitrogen and oxygen atoms in total. The molecule has 3 saturated heterocycles. The lowest BCUT2D eigenvalue weighted by Crippen LogP contribution is -2.48. The maximum absolute atomic E-state index is 12.9. The fourth-order valence-electron chi connectivity index (χ4n) is 4.08. The van der Waals surface area contributed by atoms with E-state index in [2.05, 4.69) is 20.2 Å². The van der Waals surface area contributed by atoms with Gasteiger partial charge in [0.25, 0.3) is 0 Å². The van der Waals surface area contributed by atoms with Crippen LogP contribution < -0.4 is 0 Å². The number of aromatic nitrogens is 1. The third-order valence-corrected chi connectivity index (χ3v) is 6.09. The van der Waals surface area contributed by atoms with Crippen molar-refractivity contribution in [1.29, 1.82) is 0 Å². The standard InChI is InChI=1S/C19H22ClN3OS/c20-16-3-1-2-14(6-16)7-19(24)23-9-15-4-5-18(23)11-22(8-15)10-17-12-25-13-21-17/h1-3,6,12-13,15,18H,4-5,7-11H2/t15-,18+/m0/s1. The van der Waals surface area contributed by atoms with Gasteiger partial charge >= 0.3 is 0 Å². The molecule has 2 aromatic rings. The first-order chi connectivity index (χ1) is 12.2. The van der Waals surface area contributed by atoms with Crippen LogP contribution in [0.25, 0.3) is 0 Å². The van der Waals surface area contributed by atoms with Crippen LogP contribution in [0, 0.1) is 5.92 Å². The van der Waals surface area contributed by atoms with Gasteiger partial charge in [-0.3, -0.25) is 9.69 Å². The minimum absolute atomic E-state index is 0.229. The van der Waals surface area contributed by atoms with Gasteiger partial charge in [0.05, 0.1) is 17.6 Å². The van der Waals surface area contributed by atoms with Crippen molar-refractivity contribution in [2.75, 3.05) is 19.6 Å². The second kappa shape index (κ2) is 7.44. The summed E-state index contributed by atoms with van der Waals surface area (Å²) in [6.07, 6.45) is 2.77. The number of hydrogen-bond donors (Lipinski definition) is 0. The van der Waals surface area contributed by atoms with E-state index in [1.807, 2.05) is 29.8 Å². The number of halogens is 1. The molecule has 3 fully saturated rings. The van der Waals surface area contributed by atoms with Crippen molar-refractivity contribution in [2.45, 2.75) is 31.8 Å². The van der Waals surface area contributed by atoms with E-state index in [1.54, 1.807) is 11.3 Å². The Bertz CT molecular complexity index is 736. The van der Waals surface area contributed by atoms with Crippen molar-refractivity contribution in [3.63, 3.8) is 0 Å². The van der Waals surface area contributed by atoms with Gasteiger partial charge < -0.3 is 4.90 Å². The molecular weight excluding hydrogens is 354 g/mol. The molecule has 2 atom stereocenters. The summed E-state index contributed by atoms with van der Waals surface area (Å²) in [5.41, 5.74) is 4.03.